The molecule has 1 atom stereocenters. The Hall–Kier alpha value is -3.50. The third-order valence-corrected chi connectivity index (χ3v) is 11.2. The van der Waals surface area contributed by atoms with E-state index in [-0.39, 0.29) is 30.4 Å². The summed E-state index contributed by atoms with van der Waals surface area (Å²) < 4.78 is 0. The molecule has 13 heteroatoms. The van der Waals surface area contributed by atoms with Crippen molar-refractivity contribution in [2.75, 3.05) is 70.5 Å². The van der Waals surface area contributed by atoms with Gasteiger partial charge in [0, 0.05) is 82.0 Å². The molecule has 4 aliphatic rings. The Kier molecular flexibility index (Phi) is 9.94. The Morgan fingerprint density at radius 3 is 2.43 bits per heavy atom. The quantitative estimate of drug-likeness (QED) is 0.322. The number of terminal acetylenes is 1. The van der Waals surface area contributed by atoms with Crippen LogP contribution >= 0.6 is 22.9 Å². The normalized spacial score (nSPS) is 21.0. The van der Waals surface area contributed by atoms with E-state index >= 15 is 0 Å². The van der Waals surface area contributed by atoms with E-state index in [0.29, 0.717) is 67.9 Å². The van der Waals surface area contributed by atoms with Crippen LogP contribution in [0.1, 0.15) is 42.4 Å². The first-order valence-corrected chi connectivity index (χ1v) is 17.4. The fourth-order valence-corrected chi connectivity index (χ4v) is 8.16. The summed E-state index contributed by atoms with van der Waals surface area (Å²) in [5, 5.41) is 9.27. The van der Waals surface area contributed by atoms with Crippen LogP contribution in [0.3, 0.4) is 0 Å². The highest BCUT2D eigenvalue weighted by Crippen LogP contribution is 2.32. The predicted octanol–water partition coefficient (Wildman–Crippen LogP) is 3.34. The number of fused-ring (bicyclic) bond motifs is 1. The molecule has 0 unspecified atom stereocenters. The average molecular weight is 667 g/mol. The largest absolute Gasteiger partial charge is 0.397 e. The van der Waals surface area contributed by atoms with Gasteiger partial charge in [0.05, 0.1) is 17.3 Å². The van der Waals surface area contributed by atoms with Crippen molar-refractivity contribution in [1.29, 1.82) is 0 Å². The summed E-state index contributed by atoms with van der Waals surface area (Å²) in [6.07, 6.45) is 9.07. The SMILES string of the molecule is C#Cc1cc(C[C@@H](NC(=O)N2CCC(N3Cc4ccsc4NC3=O)CC2)C(=O)N2CCC(N3CCN(C)CC3)CC2)cc(Cl)c1N. The predicted molar refractivity (Wildman–Crippen MR) is 182 cm³/mol. The van der Waals surface area contributed by atoms with E-state index in [4.69, 9.17) is 23.8 Å². The van der Waals surface area contributed by atoms with E-state index in [1.165, 1.54) is 11.3 Å². The van der Waals surface area contributed by atoms with Crippen LogP contribution in [0.2, 0.25) is 5.02 Å². The van der Waals surface area contributed by atoms with Gasteiger partial charge >= 0.3 is 12.1 Å². The van der Waals surface area contributed by atoms with Crippen LogP contribution < -0.4 is 16.4 Å². The summed E-state index contributed by atoms with van der Waals surface area (Å²) >= 11 is 7.93. The molecule has 4 aliphatic heterocycles. The molecule has 4 N–H and O–H groups in total. The third-order valence-electron chi connectivity index (χ3n) is 9.97. The summed E-state index contributed by atoms with van der Waals surface area (Å²) in [5.74, 6) is 2.47. The number of nitrogens with one attached hydrogen (secondary N) is 2. The lowest BCUT2D eigenvalue weighted by Crippen LogP contribution is -2.58. The summed E-state index contributed by atoms with van der Waals surface area (Å²) in [6, 6.07) is 4.87. The van der Waals surface area contributed by atoms with Gasteiger partial charge in [-0.2, -0.15) is 0 Å². The highest BCUT2D eigenvalue weighted by molar-refractivity contribution is 7.14. The van der Waals surface area contributed by atoms with Crippen molar-refractivity contribution in [2.24, 2.45) is 0 Å². The maximum absolute atomic E-state index is 14.1. The number of hydrogen-bond donors (Lipinski definition) is 3. The lowest BCUT2D eigenvalue weighted by molar-refractivity contribution is -0.135. The fraction of sp³-hybridized carbons (Fsp3) is 0.545. The second-order valence-corrected chi connectivity index (χ2v) is 14.2. The minimum atomic E-state index is -0.791. The molecule has 3 fully saturated rings. The molecule has 2 aromatic rings. The topological polar surface area (TPSA) is 117 Å². The summed E-state index contributed by atoms with van der Waals surface area (Å²) in [5.41, 5.74) is 8.71. The van der Waals surface area contributed by atoms with E-state index in [2.05, 4.69) is 33.4 Å². The molecule has 0 spiro atoms. The molecule has 46 heavy (non-hydrogen) atoms. The number of anilines is 2. The lowest BCUT2D eigenvalue weighted by atomic mass is 9.98. The number of amides is 5. The number of urea groups is 2. The zero-order valence-electron chi connectivity index (χ0n) is 26.3. The number of hydrogen-bond acceptors (Lipinski definition) is 7. The molecule has 5 heterocycles. The van der Waals surface area contributed by atoms with Gasteiger partial charge in [0.1, 0.15) is 11.0 Å². The summed E-state index contributed by atoms with van der Waals surface area (Å²) in [4.78, 5) is 50.9. The van der Waals surface area contributed by atoms with Crippen molar-refractivity contribution >= 4 is 51.6 Å². The van der Waals surface area contributed by atoms with Gasteiger partial charge in [-0.15, -0.1) is 17.8 Å². The molecule has 6 rings (SSSR count). The number of carbonyl (C=O) groups is 3. The standard InChI is InChI=1S/C33H43ClN8O3S/c1-3-23-18-22(19-27(34)29(23)35)20-28(31(43)40-9-4-25(5-10-40)39-15-13-38(2)14-16-39)36-32(44)41-11-6-26(7-12-41)42-21-24-8-17-46-30(24)37-33(42)45/h1,8,17-19,25-26,28H,4-7,9-16,20-21,35H2,2H3,(H,36,44)(H,37,45)/t28-/m1/s1. The minimum Gasteiger partial charge on any atom is -0.397 e. The second kappa shape index (κ2) is 14.1. The zero-order valence-corrected chi connectivity index (χ0v) is 27.9. The molecular formula is C33H43ClN8O3S. The third kappa shape index (κ3) is 7.08. The second-order valence-electron chi connectivity index (χ2n) is 12.8. The average Bonchev–Trinajstić information content (AvgIpc) is 3.53. The van der Waals surface area contributed by atoms with Crippen molar-refractivity contribution in [3.8, 4) is 12.3 Å². The number of nitrogen functional groups attached to an aromatic ring is 1. The number of likely N-dealkylation sites (N-methyl/N-ethyl adjacent to an activating group) is 1. The van der Waals surface area contributed by atoms with Gasteiger partial charge in [0.2, 0.25) is 5.91 Å². The van der Waals surface area contributed by atoms with E-state index in [9.17, 15) is 14.4 Å². The van der Waals surface area contributed by atoms with Crippen molar-refractivity contribution < 1.29 is 14.4 Å². The number of piperazine rings is 1. The number of benzene rings is 1. The van der Waals surface area contributed by atoms with Crippen LogP contribution in [-0.2, 0) is 17.8 Å². The first kappa shape index (κ1) is 32.4. The summed E-state index contributed by atoms with van der Waals surface area (Å²) in [7, 11) is 2.16. The fourth-order valence-electron chi connectivity index (χ4n) is 7.12. The number of rotatable bonds is 6. The lowest BCUT2D eigenvalue weighted by Gasteiger charge is -2.43. The Morgan fingerprint density at radius 2 is 1.74 bits per heavy atom. The molecule has 0 bridgehead atoms. The van der Waals surface area contributed by atoms with Crippen LogP contribution in [0, 0.1) is 12.3 Å². The number of carbonyl (C=O) groups excluding carboxylic acids is 3. The van der Waals surface area contributed by atoms with E-state index in [1.807, 2.05) is 21.2 Å². The smallest absolute Gasteiger partial charge is 0.323 e. The monoisotopic (exact) mass is 666 g/mol. The molecule has 246 valence electrons. The van der Waals surface area contributed by atoms with Gasteiger partial charge in [0.25, 0.3) is 0 Å². The Balaban J connectivity index is 1.10. The maximum atomic E-state index is 14.1. The van der Waals surface area contributed by atoms with Gasteiger partial charge in [-0.25, -0.2) is 9.59 Å². The first-order chi connectivity index (χ1) is 22.2. The Labute approximate surface area is 280 Å². The zero-order chi connectivity index (χ0) is 32.4. The van der Waals surface area contributed by atoms with Crippen molar-refractivity contribution in [3.63, 3.8) is 0 Å². The molecule has 3 saturated heterocycles. The highest BCUT2D eigenvalue weighted by atomic mass is 35.5. The number of nitrogens with two attached hydrogens (primary N) is 1. The highest BCUT2D eigenvalue weighted by Gasteiger charge is 2.36. The van der Waals surface area contributed by atoms with E-state index < -0.39 is 6.04 Å². The van der Waals surface area contributed by atoms with Gasteiger partial charge < -0.3 is 30.7 Å². The van der Waals surface area contributed by atoms with Crippen LogP contribution in [0.4, 0.5) is 20.3 Å². The number of thiophene rings is 1. The van der Waals surface area contributed by atoms with Crippen LogP contribution in [0.5, 0.6) is 0 Å². The van der Waals surface area contributed by atoms with Crippen LogP contribution in [0.25, 0.3) is 0 Å². The van der Waals surface area contributed by atoms with Crippen LogP contribution in [-0.4, -0.2) is 120 Å². The molecule has 0 saturated carbocycles. The number of piperidine rings is 2. The molecule has 0 radical (unpaired) electrons. The van der Waals surface area contributed by atoms with E-state index in [0.717, 1.165) is 55.1 Å². The Bertz CT molecular complexity index is 1490. The van der Waals surface area contributed by atoms with Crippen molar-refractivity contribution in [2.45, 2.75) is 56.8 Å². The van der Waals surface area contributed by atoms with Crippen molar-refractivity contribution in [1.82, 2.24) is 29.8 Å². The number of likely N-dealkylation sites (tertiary alicyclic amines) is 2. The molecular weight excluding hydrogens is 624 g/mol. The number of halogens is 1. The van der Waals surface area contributed by atoms with Gasteiger partial charge in [-0.05, 0) is 61.9 Å². The van der Waals surface area contributed by atoms with E-state index in [1.54, 1.807) is 17.0 Å². The minimum absolute atomic E-state index is 0.0373. The number of nitrogens with zero attached hydrogens (tertiary/aromatic N) is 5. The first-order valence-electron chi connectivity index (χ1n) is 16.2. The summed E-state index contributed by atoms with van der Waals surface area (Å²) in [6.45, 7) is 7.09. The van der Waals surface area contributed by atoms with Gasteiger partial charge in [-0.1, -0.05) is 17.5 Å². The molecule has 5 amide bonds. The molecule has 1 aromatic heterocycles. The Morgan fingerprint density at radius 1 is 1.07 bits per heavy atom. The molecule has 11 nitrogen and oxygen atoms in total. The molecule has 0 aliphatic carbocycles. The maximum Gasteiger partial charge on any atom is 0.323 e. The van der Waals surface area contributed by atoms with Crippen molar-refractivity contribution in [3.05, 3.63) is 45.3 Å². The molecule has 1 aromatic carbocycles. The van der Waals surface area contributed by atoms with Gasteiger partial charge in [-0.3, -0.25) is 15.0 Å². The van der Waals surface area contributed by atoms with Gasteiger partial charge in [0.15, 0.2) is 0 Å². The van der Waals surface area contributed by atoms with Crippen LogP contribution in [0.15, 0.2) is 23.6 Å².